The zero-order valence-corrected chi connectivity index (χ0v) is 13.5. The summed E-state index contributed by atoms with van der Waals surface area (Å²) in [6.45, 7) is 3.09. The number of aromatic amines is 1. The van der Waals surface area contributed by atoms with Gasteiger partial charge in [0.25, 0.3) is 5.91 Å². The predicted octanol–water partition coefficient (Wildman–Crippen LogP) is 3.30. The van der Waals surface area contributed by atoms with Crippen molar-refractivity contribution in [2.45, 2.75) is 12.8 Å². The Bertz CT molecular complexity index is 828. The third-order valence-corrected chi connectivity index (χ3v) is 4.72. The highest BCUT2D eigenvalue weighted by atomic mass is 19.1. The molecule has 0 unspecified atom stereocenters. The molecule has 1 N–H and O–H groups in total. The Labute approximate surface area is 140 Å². The van der Waals surface area contributed by atoms with Crippen LogP contribution in [0.15, 0.2) is 48.2 Å². The van der Waals surface area contributed by atoms with Crippen LogP contribution in [-0.4, -0.2) is 46.9 Å². The van der Waals surface area contributed by atoms with Crippen molar-refractivity contribution in [3.63, 3.8) is 0 Å². The molecular weight excluding hydrogens is 305 g/mol. The molecule has 4 rings (SSSR count). The molecule has 1 aromatic carbocycles. The smallest absolute Gasteiger partial charge is 0.270 e. The van der Waals surface area contributed by atoms with Crippen molar-refractivity contribution >= 4 is 16.8 Å². The molecule has 0 bridgehead atoms. The molecule has 2 aliphatic rings. The number of nitrogens with zero attached hydrogens (tertiary/aromatic N) is 2. The van der Waals surface area contributed by atoms with E-state index in [1.165, 1.54) is 17.8 Å². The van der Waals surface area contributed by atoms with Crippen LogP contribution in [0.4, 0.5) is 4.39 Å². The van der Waals surface area contributed by atoms with E-state index in [0.717, 1.165) is 36.8 Å². The van der Waals surface area contributed by atoms with Crippen molar-refractivity contribution < 1.29 is 9.18 Å². The average Bonchev–Trinajstić information content (AvgIpc) is 3.05. The van der Waals surface area contributed by atoms with Crippen LogP contribution < -0.4 is 0 Å². The number of carbonyl (C=O) groups excluding carboxylic acids is 1. The Balaban J connectivity index is 1.45. The first kappa shape index (κ1) is 15.0. The Kier molecular flexibility index (Phi) is 3.84. The number of amides is 1. The number of fused-ring (bicyclic) bond motifs is 1. The molecule has 1 amide bonds. The summed E-state index contributed by atoms with van der Waals surface area (Å²) < 4.78 is 13.3. The molecule has 0 spiro atoms. The molecular formula is C19H20FN3O. The predicted molar refractivity (Wildman–Crippen MR) is 92.2 cm³/mol. The summed E-state index contributed by atoms with van der Waals surface area (Å²) in [5.41, 5.74) is 2.59. The maximum Gasteiger partial charge on any atom is 0.270 e. The molecule has 1 fully saturated rings. The monoisotopic (exact) mass is 325 g/mol. The van der Waals surface area contributed by atoms with Gasteiger partial charge in [-0.25, -0.2) is 4.39 Å². The van der Waals surface area contributed by atoms with E-state index < -0.39 is 0 Å². The number of carbonyl (C=O) groups is 1. The number of piperazine rings is 1. The normalized spacial score (nSPS) is 18.1. The fourth-order valence-corrected chi connectivity index (χ4v) is 3.39. The van der Waals surface area contributed by atoms with E-state index in [1.807, 2.05) is 4.90 Å². The fraction of sp³-hybridized carbons (Fsp3) is 0.316. The molecule has 1 aromatic heterocycles. The molecule has 4 nitrogen and oxygen atoms in total. The third kappa shape index (κ3) is 2.82. The van der Waals surface area contributed by atoms with Gasteiger partial charge in [-0.05, 0) is 43.2 Å². The Hall–Kier alpha value is -2.56. The lowest BCUT2D eigenvalue weighted by molar-refractivity contribution is 0.0667. The average molecular weight is 325 g/mol. The number of benzene rings is 1. The summed E-state index contributed by atoms with van der Waals surface area (Å²) in [7, 11) is 0. The summed E-state index contributed by atoms with van der Waals surface area (Å²) in [6, 6.07) is 6.25. The van der Waals surface area contributed by atoms with E-state index in [-0.39, 0.29) is 11.7 Å². The van der Waals surface area contributed by atoms with Crippen LogP contribution in [0, 0.1) is 5.82 Å². The lowest BCUT2D eigenvalue weighted by Crippen LogP contribution is -2.48. The first-order chi connectivity index (χ1) is 11.7. The number of hydrogen-bond acceptors (Lipinski definition) is 2. The van der Waals surface area contributed by atoms with Gasteiger partial charge < -0.3 is 14.8 Å². The molecule has 0 atom stereocenters. The molecule has 124 valence electrons. The highest BCUT2D eigenvalue weighted by Gasteiger charge is 2.24. The minimum absolute atomic E-state index is 0.0144. The quantitative estimate of drug-likeness (QED) is 0.920. The molecule has 1 aliphatic carbocycles. The van der Waals surface area contributed by atoms with Gasteiger partial charge >= 0.3 is 0 Å². The zero-order valence-electron chi connectivity index (χ0n) is 13.5. The van der Waals surface area contributed by atoms with Crippen LogP contribution in [0.1, 0.15) is 23.3 Å². The molecule has 2 aromatic rings. The number of allylic oxidation sites excluding steroid dienone is 3. The number of H-pyrrole nitrogens is 1. The minimum Gasteiger partial charge on any atom is -0.368 e. The first-order valence-corrected chi connectivity index (χ1v) is 8.40. The van der Waals surface area contributed by atoms with Crippen molar-refractivity contribution in [3.05, 3.63) is 59.7 Å². The standard InChI is InChI=1S/C19H20FN3O/c20-15-6-7-17-14(12-15)13-18(21-17)19(24)23-10-8-22(9-11-23)16-4-2-1-3-5-16/h2,4-7,12-13,21H,1,3,8-11H2. The second-order valence-corrected chi connectivity index (χ2v) is 6.30. The Morgan fingerprint density at radius 1 is 1.08 bits per heavy atom. The minimum atomic E-state index is -0.289. The Morgan fingerprint density at radius 2 is 1.92 bits per heavy atom. The van der Waals surface area contributed by atoms with Crippen molar-refractivity contribution in [3.8, 4) is 0 Å². The van der Waals surface area contributed by atoms with Crippen molar-refractivity contribution in [1.29, 1.82) is 0 Å². The molecule has 0 radical (unpaired) electrons. The van der Waals surface area contributed by atoms with Gasteiger partial charge in [-0.15, -0.1) is 0 Å². The third-order valence-electron chi connectivity index (χ3n) is 4.72. The highest BCUT2D eigenvalue weighted by Crippen LogP contribution is 2.20. The SMILES string of the molecule is O=C(c1cc2cc(F)ccc2[nH]1)N1CCN(C2=CCCC=C2)CC1. The summed E-state index contributed by atoms with van der Waals surface area (Å²) in [6.07, 6.45) is 8.85. The molecule has 2 heterocycles. The molecule has 0 saturated carbocycles. The number of halogens is 1. The molecule has 5 heteroatoms. The lowest BCUT2D eigenvalue weighted by atomic mass is 10.1. The Morgan fingerprint density at radius 3 is 2.67 bits per heavy atom. The van der Waals surface area contributed by atoms with Crippen LogP contribution in [0.25, 0.3) is 10.9 Å². The van der Waals surface area contributed by atoms with Gasteiger partial charge in [0.05, 0.1) is 0 Å². The summed E-state index contributed by atoms with van der Waals surface area (Å²) in [5, 5.41) is 0.731. The number of nitrogens with one attached hydrogen (secondary N) is 1. The van der Waals surface area contributed by atoms with Crippen LogP contribution in [-0.2, 0) is 0 Å². The zero-order chi connectivity index (χ0) is 16.5. The van der Waals surface area contributed by atoms with E-state index in [9.17, 15) is 9.18 Å². The number of rotatable bonds is 2. The van der Waals surface area contributed by atoms with Gasteiger partial charge in [0.15, 0.2) is 0 Å². The lowest BCUT2D eigenvalue weighted by Gasteiger charge is -2.37. The van der Waals surface area contributed by atoms with E-state index in [4.69, 9.17) is 0 Å². The molecule has 24 heavy (non-hydrogen) atoms. The van der Waals surface area contributed by atoms with Gasteiger partial charge in [0.1, 0.15) is 11.5 Å². The topological polar surface area (TPSA) is 39.3 Å². The largest absolute Gasteiger partial charge is 0.368 e. The van der Waals surface area contributed by atoms with E-state index >= 15 is 0 Å². The van der Waals surface area contributed by atoms with E-state index in [2.05, 4.69) is 28.1 Å². The van der Waals surface area contributed by atoms with Crippen LogP contribution in [0.2, 0.25) is 0 Å². The van der Waals surface area contributed by atoms with Gasteiger partial charge in [-0.1, -0.05) is 12.2 Å². The summed E-state index contributed by atoms with van der Waals surface area (Å²) >= 11 is 0. The van der Waals surface area contributed by atoms with Crippen LogP contribution >= 0.6 is 0 Å². The van der Waals surface area contributed by atoms with Gasteiger partial charge in [0.2, 0.25) is 0 Å². The number of aromatic nitrogens is 1. The van der Waals surface area contributed by atoms with Gasteiger partial charge in [0, 0.05) is 42.8 Å². The van der Waals surface area contributed by atoms with E-state index in [1.54, 1.807) is 12.1 Å². The van der Waals surface area contributed by atoms with Crippen LogP contribution in [0.5, 0.6) is 0 Å². The maximum absolute atomic E-state index is 13.3. The number of hydrogen-bond donors (Lipinski definition) is 1. The first-order valence-electron chi connectivity index (χ1n) is 8.40. The fourth-order valence-electron chi connectivity index (χ4n) is 3.39. The second kappa shape index (κ2) is 6.15. The maximum atomic E-state index is 13.3. The van der Waals surface area contributed by atoms with Gasteiger partial charge in [-0.2, -0.15) is 0 Å². The molecule has 1 aliphatic heterocycles. The summed E-state index contributed by atoms with van der Waals surface area (Å²) in [4.78, 5) is 20.0. The van der Waals surface area contributed by atoms with Crippen LogP contribution in [0.3, 0.4) is 0 Å². The van der Waals surface area contributed by atoms with Crippen molar-refractivity contribution in [2.75, 3.05) is 26.2 Å². The highest BCUT2D eigenvalue weighted by molar-refractivity contribution is 5.98. The van der Waals surface area contributed by atoms with E-state index in [0.29, 0.717) is 18.8 Å². The second-order valence-electron chi connectivity index (χ2n) is 6.30. The molecule has 1 saturated heterocycles. The van der Waals surface area contributed by atoms with Crippen molar-refractivity contribution in [2.24, 2.45) is 0 Å². The van der Waals surface area contributed by atoms with Gasteiger partial charge in [-0.3, -0.25) is 4.79 Å². The summed E-state index contributed by atoms with van der Waals surface area (Å²) in [5.74, 6) is -0.303. The van der Waals surface area contributed by atoms with Crippen molar-refractivity contribution in [1.82, 2.24) is 14.8 Å².